The summed E-state index contributed by atoms with van der Waals surface area (Å²) in [6.45, 7) is 5.02. The lowest BCUT2D eigenvalue weighted by Gasteiger charge is -2.23. The van der Waals surface area contributed by atoms with Gasteiger partial charge in [0.1, 0.15) is 5.75 Å². The number of benzene rings is 3. The Morgan fingerprint density at radius 1 is 0.971 bits per heavy atom. The lowest BCUT2D eigenvalue weighted by Crippen LogP contribution is -2.36. The summed E-state index contributed by atoms with van der Waals surface area (Å²) in [6.07, 6.45) is 1.88. The van der Waals surface area contributed by atoms with Gasteiger partial charge in [-0.2, -0.15) is 0 Å². The highest BCUT2D eigenvalue weighted by atomic mass is 79.9. The molecule has 6 nitrogen and oxygen atoms in total. The maximum Gasteiger partial charge on any atom is 0.261 e. The van der Waals surface area contributed by atoms with Crippen LogP contribution in [0, 0.1) is 0 Å². The number of ether oxygens (including phenoxy) is 1. The molecule has 3 aromatic carbocycles. The van der Waals surface area contributed by atoms with Gasteiger partial charge < -0.3 is 15.0 Å². The number of amides is 2. The molecule has 0 spiro atoms. The lowest BCUT2D eigenvalue weighted by atomic mass is 10.1. The number of carbonyl (C=O) groups excluding carboxylic acids is 2. The van der Waals surface area contributed by atoms with Gasteiger partial charge in [-0.15, -0.1) is 0 Å². The number of halogens is 1. The van der Waals surface area contributed by atoms with Crippen LogP contribution in [0.2, 0.25) is 0 Å². The van der Waals surface area contributed by atoms with Crippen LogP contribution in [-0.2, 0) is 0 Å². The van der Waals surface area contributed by atoms with E-state index in [1.165, 1.54) is 0 Å². The molecular formula is C27H28BrN3O3S. The van der Waals surface area contributed by atoms with Gasteiger partial charge in [0, 0.05) is 16.7 Å². The van der Waals surface area contributed by atoms with Crippen LogP contribution in [0.15, 0.2) is 77.3 Å². The van der Waals surface area contributed by atoms with Crippen molar-refractivity contribution in [1.82, 2.24) is 5.32 Å². The zero-order valence-electron chi connectivity index (χ0n) is 19.7. The number of carbonyl (C=O) groups is 2. The summed E-state index contributed by atoms with van der Waals surface area (Å²) in [5.41, 5.74) is 2.12. The van der Waals surface area contributed by atoms with Crippen LogP contribution in [0.25, 0.3) is 0 Å². The predicted octanol–water partition coefficient (Wildman–Crippen LogP) is 6.42. The first-order chi connectivity index (χ1) is 16.9. The van der Waals surface area contributed by atoms with Gasteiger partial charge in [-0.1, -0.05) is 59.6 Å². The van der Waals surface area contributed by atoms with Crippen molar-refractivity contribution in [2.24, 2.45) is 0 Å². The molecule has 2 N–H and O–H groups in total. The molecule has 2 amide bonds. The van der Waals surface area contributed by atoms with Crippen molar-refractivity contribution in [1.29, 1.82) is 0 Å². The van der Waals surface area contributed by atoms with E-state index in [1.807, 2.05) is 43.3 Å². The first-order valence-corrected chi connectivity index (χ1v) is 12.6. The van der Waals surface area contributed by atoms with Crippen LogP contribution in [0.4, 0.5) is 11.4 Å². The Morgan fingerprint density at radius 2 is 1.69 bits per heavy atom. The minimum Gasteiger partial charge on any atom is -0.493 e. The van der Waals surface area contributed by atoms with Crippen LogP contribution in [-0.4, -0.2) is 30.1 Å². The van der Waals surface area contributed by atoms with Crippen LogP contribution in [0.5, 0.6) is 5.75 Å². The molecule has 35 heavy (non-hydrogen) atoms. The predicted molar refractivity (Wildman–Crippen MR) is 148 cm³/mol. The number of rotatable bonds is 9. The van der Waals surface area contributed by atoms with E-state index < -0.39 is 5.91 Å². The van der Waals surface area contributed by atoms with Gasteiger partial charge in [0.05, 0.1) is 23.4 Å². The van der Waals surface area contributed by atoms with Gasteiger partial charge in [0.2, 0.25) is 0 Å². The molecule has 3 aromatic rings. The third-order valence-corrected chi connectivity index (χ3v) is 5.90. The van der Waals surface area contributed by atoms with Gasteiger partial charge in [-0.05, 0) is 68.0 Å². The number of unbranched alkanes of at least 4 members (excludes halogenated alkanes) is 1. The molecule has 8 heteroatoms. The molecule has 0 bridgehead atoms. The minimum absolute atomic E-state index is 0.0810. The summed E-state index contributed by atoms with van der Waals surface area (Å²) in [7, 11) is 0. The quantitative estimate of drug-likeness (QED) is 0.236. The van der Waals surface area contributed by atoms with E-state index in [0.717, 1.165) is 23.0 Å². The van der Waals surface area contributed by atoms with Gasteiger partial charge in [-0.25, -0.2) is 0 Å². The maximum absolute atomic E-state index is 13.4. The summed E-state index contributed by atoms with van der Waals surface area (Å²) < 4.78 is 6.54. The largest absolute Gasteiger partial charge is 0.493 e. The number of hydrogen-bond donors (Lipinski definition) is 2. The zero-order chi connectivity index (χ0) is 25.2. The van der Waals surface area contributed by atoms with E-state index in [9.17, 15) is 9.59 Å². The van der Waals surface area contributed by atoms with Crippen molar-refractivity contribution in [3.05, 3.63) is 88.4 Å². The Morgan fingerprint density at radius 3 is 2.40 bits per heavy atom. The summed E-state index contributed by atoms with van der Waals surface area (Å²) in [5, 5.41) is 5.79. The third-order valence-electron chi connectivity index (χ3n) is 5.20. The molecule has 0 heterocycles. The van der Waals surface area contributed by atoms with Crippen molar-refractivity contribution >= 4 is 56.4 Å². The molecule has 0 aromatic heterocycles. The molecule has 182 valence electrons. The smallest absolute Gasteiger partial charge is 0.261 e. The fourth-order valence-corrected chi connectivity index (χ4v) is 4.00. The topological polar surface area (TPSA) is 70.7 Å². The summed E-state index contributed by atoms with van der Waals surface area (Å²) in [6, 6.07) is 21.8. The van der Waals surface area contributed by atoms with Crippen LogP contribution in [0.1, 0.15) is 47.4 Å². The highest BCUT2D eigenvalue weighted by Gasteiger charge is 2.20. The Bertz CT molecular complexity index is 1190. The molecule has 0 saturated heterocycles. The first kappa shape index (κ1) is 26.4. The standard InChI is InChI=1S/C27H28BrN3O3S/c1-3-5-17-34-24-16-15-19(28)18-22(24)25(32)30-27(35)29-23-14-10-9-13-21(23)26(33)31(4-2)20-11-7-6-8-12-20/h6-16,18H,3-5,17H2,1-2H3,(H2,29,30,32,35). The first-order valence-electron chi connectivity index (χ1n) is 11.4. The molecule has 0 radical (unpaired) electrons. The number of hydrogen-bond acceptors (Lipinski definition) is 4. The van der Waals surface area contributed by atoms with Gasteiger partial charge >= 0.3 is 0 Å². The van der Waals surface area contributed by atoms with E-state index in [-0.39, 0.29) is 11.0 Å². The van der Waals surface area contributed by atoms with Crippen molar-refractivity contribution in [3.8, 4) is 5.75 Å². The number of para-hydroxylation sites is 2. The van der Waals surface area contributed by atoms with Crippen molar-refractivity contribution in [2.75, 3.05) is 23.4 Å². The number of nitrogens with one attached hydrogen (secondary N) is 2. The minimum atomic E-state index is -0.404. The average Bonchev–Trinajstić information content (AvgIpc) is 2.86. The molecule has 3 rings (SSSR count). The van der Waals surface area contributed by atoms with Crippen molar-refractivity contribution in [3.63, 3.8) is 0 Å². The zero-order valence-corrected chi connectivity index (χ0v) is 22.1. The van der Waals surface area contributed by atoms with Gasteiger partial charge in [-0.3, -0.25) is 14.9 Å². The van der Waals surface area contributed by atoms with Gasteiger partial charge in [0.15, 0.2) is 5.11 Å². The molecule has 0 saturated carbocycles. The molecule has 0 aliphatic rings. The summed E-state index contributed by atoms with van der Waals surface area (Å²) in [4.78, 5) is 28.0. The van der Waals surface area contributed by atoms with Crippen LogP contribution >= 0.6 is 28.1 Å². The van der Waals surface area contributed by atoms with Gasteiger partial charge in [0.25, 0.3) is 11.8 Å². The SMILES string of the molecule is CCCCOc1ccc(Br)cc1C(=O)NC(=S)Nc1ccccc1C(=O)N(CC)c1ccccc1. The second-order valence-corrected chi connectivity index (χ2v) is 9.01. The Hall–Kier alpha value is -3.23. The van der Waals surface area contributed by atoms with E-state index in [0.29, 0.717) is 35.7 Å². The molecule has 0 aliphatic carbocycles. The fraction of sp³-hybridized carbons (Fsp3) is 0.222. The van der Waals surface area contributed by atoms with E-state index in [2.05, 4.69) is 33.5 Å². The summed E-state index contributed by atoms with van der Waals surface area (Å²) in [5.74, 6) is -0.0907. The highest BCUT2D eigenvalue weighted by Crippen LogP contribution is 2.24. The molecule has 0 unspecified atom stereocenters. The van der Waals surface area contributed by atoms with E-state index in [4.69, 9.17) is 17.0 Å². The lowest BCUT2D eigenvalue weighted by molar-refractivity contribution is 0.0970. The second-order valence-electron chi connectivity index (χ2n) is 7.68. The average molecular weight is 555 g/mol. The Labute approximate surface area is 219 Å². The Balaban J connectivity index is 1.76. The van der Waals surface area contributed by atoms with Crippen LogP contribution in [0.3, 0.4) is 0 Å². The van der Waals surface area contributed by atoms with E-state index in [1.54, 1.807) is 41.3 Å². The summed E-state index contributed by atoms with van der Waals surface area (Å²) >= 11 is 8.81. The van der Waals surface area contributed by atoms with Crippen LogP contribution < -0.4 is 20.3 Å². The number of anilines is 2. The highest BCUT2D eigenvalue weighted by molar-refractivity contribution is 9.10. The molecule has 0 atom stereocenters. The third kappa shape index (κ3) is 7.13. The molecule has 0 aliphatic heterocycles. The van der Waals surface area contributed by atoms with Crippen molar-refractivity contribution in [2.45, 2.75) is 26.7 Å². The fourth-order valence-electron chi connectivity index (χ4n) is 3.43. The monoisotopic (exact) mass is 553 g/mol. The number of thiocarbonyl (C=S) groups is 1. The Kier molecular flexibility index (Phi) is 9.81. The van der Waals surface area contributed by atoms with E-state index >= 15 is 0 Å². The molecular weight excluding hydrogens is 526 g/mol. The maximum atomic E-state index is 13.4. The normalized spacial score (nSPS) is 10.4. The molecule has 0 fully saturated rings. The number of nitrogens with zero attached hydrogens (tertiary/aromatic N) is 1. The van der Waals surface area contributed by atoms with Crippen molar-refractivity contribution < 1.29 is 14.3 Å². The second kappa shape index (κ2) is 13.0.